The zero-order valence-corrected chi connectivity index (χ0v) is 12.9. The van der Waals surface area contributed by atoms with Gasteiger partial charge in [-0.3, -0.25) is 0 Å². The van der Waals surface area contributed by atoms with Crippen LogP contribution in [-0.2, 0) is 6.42 Å². The highest BCUT2D eigenvalue weighted by molar-refractivity contribution is 9.10. The molecular weight excluding hydrogens is 352 g/mol. The van der Waals surface area contributed by atoms with E-state index in [0.717, 1.165) is 0 Å². The Kier molecular flexibility index (Phi) is 5.30. The predicted molar refractivity (Wildman–Crippen MR) is 75.3 cm³/mol. The molecule has 0 aliphatic heterocycles. The third kappa shape index (κ3) is 4.42. The number of halogens is 5. The van der Waals surface area contributed by atoms with Gasteiger partial charge in [-0.15, -0.1) is 0 Å². The smallest absolute Gasteiger partial charge is 0.391 e. The predicted octanol–water partition coefficient (Wildman–Crippen LogP) is 4.86. The Labute approximate surface area is 129 Å². The summed E-state index contributed by atoms with van der Waals surface area (Å²) in [5.41, 5.74) is 0.333. The van der Waals surface area contributed by atoms with Crippen molar-refractivity contribution in [2.24, 2.45) is 11.8 Å². The van der Waals surface area contributed by atoms with Crippen molar-refractivity contribution in [3.05, 3.63) is 34.1 Å². The maximum Gasteiger partial charge on any atom is 0.391 e. The van der Waals surface area contributed by atoms with E-state index in [1.54, 1.807) is 12.1 Å². The van der Waals surface area contributed by atoms with Gasteiger partial charge in [0.05, 0.1) is 12.0 Å². The summed E-state index contributed by atoms with van der Waals surface area (Å²) in [4.78, 5) is 0. The lowest BCUT2D eigenvalue weighted by molar-refractivity contribution is -0.188. The van der Waals surface area contributed by atoms with E-state index >= 15 is 0 Å². The van der Waals surface area contributed by atoms with Crippen molar-refractivity contribution in [3.8, 4) is 0 Å². The van der Waals surface area contributed by atoms with Gasteiger partial charge in [-0.2, -0.15) is 13.2 Å². The van der Waals surface area contributed by atoms with Crippen molar-refractivity contribution in [3.63, 3.8) is 0 Å². The highest BCUT2D eigenvalue weighted by atomic mass is 79.9. The van der Waals surface area contributed by atoms with E-state index in [1.807, 2.05) is 0 Å². The van der Waals surface area contributed by atoms with Crippen LogP contribution in [0, 0.1) is 17.7 Å². The molecule has 1 N–H and O–H groups in total. The molecule has 1 aromatic rings. The number of aliphatic hydroxyl groups excluding tert-OH is 1. The first-order valence-electron chi connectivity index (χ1n) is 6.96. The van der Waals surface area contributed by atoms with Gasteiger partial charge in [0.2, 0.25) is 0 Å². The molecule has 0 amide bonds. The molecule has 0 bridgehead atoms. The Bertz CT molecular complexity index is 489. The van der Waals surface area contributed by atoms with Gasteiger partial charge in [0.15, 0.2) is 0 Å². The van der Waals surface area contributed by atoms with Gasteiger partial charge in [-0.05, 0) is 42.9 Å². The average Bonchev–Trinajstić information content (AvgIpc) is 2.41. The molecule has 6 heteroatoms. The van der Waals surface area contributed by atoms with Crippen LogP contribution in [0.2, 0.25) is 0 Å². The van der Waals surface area contributed by atoms with Crippen molar-refractivity contribution in [2.45, 2.75) is 44.4 Å². The average molecular weight is 369 g/mol. The van der Waals surface area contributed by atoms with Crippen molar-refractivity contribution in [1.82, 2.24) is 0 Å². The molecular formula is C15H17BrF4O. The normalized spacial score (nSPS) is 24.9. The van der Waals surface area contributed by atoms with Crippen LogP contribution in [0.3, 0.4) is 0 Å². The molecule has 1 aromatic carbocycles. The largest absolute Gasteiger partial charge is 0.392 e. The lowest BCUT2D eigenvalue weighted by Gasteiger charge is -2.33. The van der Waals surface area contributed by atoms with Gasteiger partial charge < -0.3 is 5.11 Å². The van der Waals surface area contributed by atoms with Crippen LogP contribution in [0.1, 0.15) is 31.2 Å². The summed E-state index contributed by atoms with van der Waals surface area (Å²) in [5.74, 6) is -2.22. The minimum atomic E-state index is -4.21. The maximum atomic E-state index is 13.7. The Morgan fingerprint density at radius 1 is 1.29 bits per heavy atom. The summed E-state index contributed by atoms with van der Waals surface area (Å²) >= 11 is 3.14. The fourth-order valence-corrected chi connectivity index (χ4v) is 3.29. The lowest BCUT2D eigenvalue weighted by Crippen LogP contribution is -2.34. The Hall–Kier alpha value is -0.620. The fraction of sp³-hybridized carbons (Fsp3) is 0.600. The quantitative estimate of drug-likeness (QED) is 0.755. The first-order chi connectivity index (χ1) is 9.77. The fourth-order valence-electron chi connectivity index (χ4n) is 2.95. The summed E-state index contributed by atoms with van der Waals surface area (Å²) < 4.78 is 52.6. The first-order valence-corrected chi connectivity index (χ1v) is 7.75. The minimum absolute atomic E-state index is 0.0500. The standard InChI is InChI=1S/C15H17BrF4O/c16-12-5-4-9(13(17)8-12)7-14(21)10-2-1-3-11(6-10)15(18,19)20/h4-5,8,10-11,14,21H,1-3,6-7H2. The molecule has 1 aliphatic rings. The molecule has 0 heterocycles. The molecule has 1 nitrogen and oxygen atoms in total. The van der Waals surface area contributed by atoms with Gasteiger partial charge in [-0.1, -0.05) is 28.4 Å². The summed E-state index contributed by atoms with van der Waals surface area (Å²) in [6.07, 6.45) is -4.02. The number of rotatable bonds is 3. The third-order valence-electron chi connectivity index (χ3n) is 4.17. The van der Waals surface area contributed by atoms with Gasteiger partial charge in [-0.25, -0.2) is 4.39 Å². The molecule has 1 aliphatic carbocycles. The molecule has 0 spiro atoms. The second-order valence-corrected chi connectivity index (χ2v) is 6.59. The van der Waals surface area contributed by atoms with Crippen LogP contribution >= 0.6 is 15.9 Å². The van der Waals surface area contributed by atoms with E-state index < -0.39 is 29.9 Å². The van der Waals surface area contributed by atoms with Gasteiger partial charge in [0.1, 0.15) is 5.82 Å². The minimum Gasteiger partial charge on any atom is -0.392 e. The van der Waals surface area contributed by atoms with Crippen LogP contribution in [0.4, 0.5) is 17.6 Å². The van der Waals surface area contributed by atoms with Gasteiger partial charge in [0, 0.05) is 10.9 Å². The maximum absolute atomic E-state index is 13.7. The van der Waals surface area contributed by atoms with E-state index in [-0.39, 0.29) is 19.3 Å². The highest BCUT2D eigenvalue weighted by Crippen LogP contribution is 2.41. The van der Waals surface area contributed by atoms with E-state index in [1.165, 1.54) is 6.07 Å². The summed E-state index contributed by atoms with van der Waals surface area (Å²) in [7, 11) is 0. The monoisotopic (exact) mass is 368 g/mol. The van der Waals surface area contributed by atoms with Crippen molar-refractivity contribution in [2.75, 3.05) is 0 Å². The molecule has 1 fully saturated rings. The number of aliphatic hydroxyl groups is 1. The molecule has 2 rings (SSSR count). The number of benzene rings is 1. The molecule has 0 aromatic heterocycles. The van der Waals surface area contributed by atoms with Crippen LogP contribution in [-0.4, -0.2) is 17.4 Å². The molecule has 0 radical (unpaired) electrons. The van der Waals surface area contributed by atoms with Crippen molar-refractivity contribution < 1.29 is 22.7 Å². The summed E-state index contributed by atoms with van der Waals surface area (Å²) in [6, 6.07) is 4.50. The topological polar surface area (TPSA) is 20.2 Å². The van der Waals surface area contributed by atoms with E-state index in [4.69, 9.17) is 0 Å². The van der Waals surface area contributed by atoms with Gasteiger partial charge in [0.25, 0.3) is 0 Å². The molecule has 0 saturated heterocycles. The summed E-state index contributed by atoms with van der Waals surface area (Å²) in [5, 5.41) is 10.2. The Morgan fingerprint density at radius 2 is 2.00 bits per heavy atom. The second-order valence-electron chi connectivity index (χ2n) is 5.67. The molecule has 3 unspecified atom stereocenters. The molecule has 118 valence electrons. The zero-order valence-electron chi connectivity index (χ0n) is 11.3. The first kappa shape index (κ1) is 16.7. The van der Waals surface area contributed by atoms with Gasteiger partial charge >= 0.3 is 6.18 Å². The lowest BCUT2D eigenvalue weighted by atomic mass is 9.77. The second kappa shape index (κ2) is 6.65. The zero-order chi connectivity index (χ0) is 15.6. The van der Waals surface area contributed by atoms with Crippen molar-refractivity contribution in [1.29, 1.82) is 0 Å². The molecule has 21 heavy (non-hydrogen) atoms. The number of hydrogen-bond acceptors (Lipinski definition) is 1. The van der Waals surface area contributed by atoms with Crippen LogP contribution < -0.4 is 0 Å². The van der Waals surface area contributed by atoms with Crippen LogP contribution in [0.25, 0.3) is 0 Å². The van der Waals surface area contributed by atoms with Crippen LogP contribution in [0.15, 0.2) is 22.7 Å². The summed E-state index contributed by atoms with van der Waals surface area (Å²) in [6.45, 7) is 0. The van der Waals surface area contributed by atoms with E-state index in [0.29, 0.717) is 22.9 Å². The third-order valence-corrected chi connectivity index (χ3v) is 4.66. The molecule has 3 atom stereocenters. The SMILES string of the molecule is OC(Cc1ccc(Br)cc1F)C1CCCC(C(F)(F)F)C1. The highest BCUT2D eigenvalue weighted by Gasteiger charge is 2.43. The van der Waals surface area contributed by atoms with E-state index in [9.17, 15) is 22.7 Å². The Morgan fingerprint density at radius 3 is 2.62 bits per heavy atom. The Balaban J connectivity index is 2.01. The van der Waals surface area contributed by atoms with E-state index in [2.05, 4.69) is 15.9 Å². The number of alkyl halides is 3. The molecule has 1 saturated carbocycles. The van der Waals surface area contributed by atoms with Crippen LogP contribution in [0.5, 0.6) is 0 Å². The number of hydrogen-bond donors (Lipinski definition) is 1. The van der Waals surface area contributed by atoms with Crippen molar-refractivity contribution >= 4 is 15.9 Å².